The summed E-state index contributed by atoms with van der Waals surface area (Å²) in [6.45, 7) is 4.83. The number of anilines is 1. The molecule has 5 nitrogen and oxygen atoms in total. The highest BCUT2D eigenvalue weighted by Gasteiger charge is 2.15. The minimum atomic E-state index is -0.746. The molecule has 0 aliphatic heterocycles. The van der Waals surface area contributed by atoms with Crippen molar-refractivity contribution >= 4 is 22.6 Å². The smallest absolute Gasteiger partial charge is 0.303 e. The van der Waals surface area contributed by atoms with Gasteiger partial charge in [-0.15, -0.1) is 0 Å². The molecule has 0 amide bonds. The lowest BCUT2D eigenvalue weighted by molar-refractivity contribution is -0.138. The van der Waals surface area contributed by atoms with Crippen molar-refractivity contribution in [3.63, 3.8) is 0 Å². The SMILES string of the molecule is CC(C)CC(CNc1ncns1)CC(=O)O. The molecule has 1 rings (SSSR count). The van der Waals surface area contributed by atoms with Gasteiger partial charge in [0, 0.05) is 24.5 Å². The molecule has 1 atom stereocenters. The van der Waals surface area contributed by atoms with Crippen LogP contribution in [0.5, 0.6) is 0 Å². The van der Waals surface area contributed by atoms with Gasteiger partial charge in [0.25, 0.3) is 0 Å². The number of aromatic nitrogens is 2. The van der Waals surface area contributed by atoms with E-state index in [1.54, 1.807) is 0 Å². The van der Waals surface area contributed by atoms with Crippen LogP contribution in [0.1, 0.15) is 26.7 Å². The highest BCUT2D eigenvalue weighted by Crippen LogP contribution is 2.17. The lowest BCUT2D eigenvalue weighted by Crippen LogP contribution is -2.19. The van der Waals surface area contributed by atoms with Crippen molar-refractivity contribution in [3.8, 4) is 0 Å². The van der Waals surface area contributed by atoms with Crippen LogP contribution in [0, 0.1) is 11.8 Å². The van der Waals surface area contributed by atoms with Gasteiger partial charge in [-0.05, 0) is 18.3 Å². The molecule has 90 valence electrons. The summed E-state index contributed by atoms with van der Waals surface area (Å²) in [7, 11) is 0. The number of nitrogens with zero attached hydrogens (tertiary/aromatic N) is 2. The molecular formula is C10H17N3O2S. The van der Waals surface area contributed by atoms with Gasteiger partial charge in [-0.25, -0.2) is 4.98 Å². The van der Waals surface area contributed by atoms with Crippen LogP contribution in [0.3, 0.4) is 0 Å². The maximum absolute atomic E-state index is 10.7. The average molecular weight is 243 g/mol. The molecule has 0 aliphatic rings. The van der Waals surface area contributed by atoms with Crippen LogP contribution in [0.15, 0.2) is 6.33 Å². The predicted octanol–water partition coefficient (Wildman–Crippen LogP) is 2.09. The van der Waals surface area contributed by atoms with Crippen molar-refractivity contribution in [2.75, 3.05) is 11.9 Å². The van der Waals surface area contributed by atoms with Crippen LogP contribution < -0.4 is 5.32 Å². The van der Waals surface area contributed by atoms with E-state index in [2.05, 4.69) is 28.5 Å². The van der Waals surface area contributed by atoms with Gasteiger partial charge in [-0.3, -0.25) is 4.79 Å². The third-order valence-electron chi connectivity index (χ3n) is 2.17. The number of rotatable bonds is 7. The normalized spacial score (nSPS) is 12.7. The average Bonchev–Trinajstić information content (AvgIpc) is 2.64. The van der Waals surface area contributed by atoms with Gasteiger partial charge in [0.05, 0.1) is 0 Å². The number of carbonyl (C=O) groups is 1. The zero-order valence-electron chi connectivity index (χ0n) is 9.51. The van der Waals surface area contributed by atoms with Crippen molar-refractivity contribution in [2.45, 2.75) is 26.7 Å². The van der Waals surface area contributed by atoms with Gasteiger partial charge < -0.3 is 10.4 Å². The first-order valence-electron chi connectivity index (χ1n) is 5.30. The van der Waals surface area contributed by atoms with Gasteiger partial charge in [0.15, 0.2) is 0 Å². The van der Waals surface area contributed by atoms with Crippen molar-refractivity contribution in [1.29, 1.82) is 0 Å². The summed E-state index contributed by atoms with van der Waals surface area (Å²) in [5, 5.41) is 12.7. The fraction of sp³-hybridized carbons (Fsp3) is 0.700. The third kappa shape index (κ3) is 5.06. The van der Waals surface area contributed by atoms with E-state index < -0.39 is 5.97 Å². The molecule has 16 heavy (non-hydrogen) atoms. The number of nitrogens with one attached hydrogen (secondary N) is 1. The summed E-state index contributed by atoms with van der Waals surface area (Å²) in [6.07, 6.45) is 2.59. The molecule has 0 spiro atoms. The maximum atomic E-state index is 10.7. The van der Waals surface area contributed by atoms with E-state index in [1.165, 1.54) is 17.9 Å². The van der Waals surface area contributed by atoms with E-state index in [-0.39, 0.29) is 12.3 Å². The Kier molecular flexibility index (Phi) is 5.18. The third-order valence-corrected chi connectivity index (χ3v) is 2.79. The Morgan fingerprint density at radius 2 is 2.38 bits per heavy atom. The topological polar surface area (TPSA) is 75.1 Å². The predicted molar refractivity (Wildman–Crippen MR) is 63.6 cm³/mol. The Morgan fingerprint density at radius 1 is 1.62 bits per heavy atom. The summed E-state index contributed by atoms with van der Waals surface area (Å²) < 4.78 is 3.87. The van der Waals surface area contributed by atoms with Crippen LogP contribution in [-0.4, -0.2) is 27.0 Å². The van der Waals surface area contributed by atoms with Crippen molar-refractivity contribution in [1.82, 2.24) is 9.36 Å². The molecular weight excluding hydrogens is 226 g/mol. The Morgan fingerprint density at radius 3 is 2.88 bits per heavy atom. The van der Waals surface area contributed by atoms with E-state index >= 15 is 0 Å². The van der Waals surface area contributed by atoms with E-state index in [0.717, 1.165) is 11.6 Å². The monoisotopic (exact) mass is 243 g/mol. The largest absolute Gasteiger partial charge is 0.481 e. The number of carboxylic acid groups (broad SMARTS) is 1. The highest BCUT2D eigenvalue weighted by atomic mass is 32.1. The lowest BCUT2D eigenvalue weighted by Gasteiger charge is -2.17. The number of hydrogen-bond acceptors (Lipinski definition) is 5. The van der Waals surface area contributed by atoms with Crippen LogP contribution in [0.4, 0.5) is 5.13 Å². The fourth-order valence-electron chi connectivity index (χ4n) is 1.64. The molecule has 1 aromatic rings. The second kappa shape index (κ2) is 6.42. The minimum absolute atomic E-state index is 0.140. The molecule has 0 fully saturated rings. The zero-order chi connectivity index (χ0) is 12.0. The van der Waals surface area contributed by atoms with Gasteiger partial charge in [0.1, 0.15) is 6.33 Å². The molecule has 0 saturated carbocycles. The number of carboxylic acids is 1. The van der Waals surface area contributed by atoms with Crippen molar-refractivity contribution < 1.29 is 9.90 Å². The van der Waals surface area contributed by atoms with Crippen LogP contribution in [0.25, 0.3) is 0 Å². The maximum Gasteiger partial charge on any atom is 0.303 e. The molecule has 2 N–H and O–H groups in total. The van der Waals surface area contributed by atoms with Gasteiger partial charge in [0.2, 0.25) is 5.13 Å². The molecule has 0 aromatic carbocycles. The van der Waals surface area contributed by atoms with Gasteiger partial charge in [-0.1, -0.05) is 13.8 Å². The fourth-order valence-corrected chi connectivity index (χ4v) is 2.07. The Hall–Kier alpha value is -1.17. The first kappa shape index (κ1) is 12.9. The first-order valence-corrected chi connectivity index (χ1v) is 6.07. The summed E-state index contributed by atoms with van der Waals surface area (Å²) in [4.78, 5) is 14.7. The zero-order valence-corrected chi connectivity index (χ0v) is 10.3. The van der Waals surface area contributed by atoms with E-state index in [1.807, 2.05) is 0 Å². The number of aliphatic carboxylic acids is 1. The molecule has 1 heterocycles. The van der Waals surface area contributed by atoms with Crippen LogP contribution >= 0.6 is 11.5 Å². The van der Waals surface area contributed by atoms with Gasteiger partial charge >= 0.3 is 5.97 Å². The molecule has 0 radical (unpaired) electrons. The second-order valence-electron chi connectivity index (χ2n) is 4.22. The quantitative estimate of drug-likeness (QED) is 0.767. The summed E-state index contributed by atoms with van der Waals surface area (Å²) in [6, 6.07) is 0. The Labute approximate surface area is 99.1 Å². The van der Waals surface area contributed by atoms with E-state index in [0.29, 0.717) is 12.5 Å². The molecule has 0 saturated heterocycles. The summed E-state index contributed by atoms with van der Waals surface area (Å²) in [5.74, 6) is -0.105. The summed E-state index contributed by atoms with van der Waals surface area (Å²) >= 11 is 1.28. The van der Waals surface area contributed by atoms with Crippen molar-refractivity contribution in [3.05, 3.63) is 6.33 Å². The van der Waals surface area contributed by atoms with Gasteiger partial charge in [-0.2, -0.15) is 4.37 Å². The minimum Gasteiger partial charge on any atom is -0.481 e. The second-order valence-corrected chi connectivity index (χ2v) is 5.00. The molecule has 1 unspecified atom stereocenters. The van der Waals surface area contributed by atoms with Crippen molar-refractivity contribution in [2.24, 2.45) is 11.8 Å². The molecule has 0 bridgehead atoms. The Bertz CT molecular complexity index is 314. The standard InChI is InChI=1S/C10H17N3O2S/c1-7(2)3-8(4-9(14)15)5-11-10-12-6-13-16-10/h6-8H,3-5H2,1-2H3,(H,14,15)(H,11,12,13). The van der Waals surface area contributed by atoms with E-state index in [4.69, 9.17) is 5.11 Å². The Balaban J connectivity index is 2.40. The lowest BCUT2D eigenvalue weighted by atomic mass is 9.94. The first-order chi connectivity index (χ1) is 7.58. The number of hydrogen-bond donors (Lipinski definition) is 2. The highest BCUT2D eigenvalue weighted by molar-refractivity contribution is 7.09. The van der Waals surface area contributed by atoms with E-state index in [9.17, 15) is 4.79 Å². The molecule has 1 aromatic heterocycles. The summed E-state index contributed by atoms with van der Waals surface area (Å²) in [5.41, 5.74) is 0. The molecule has 0 aliphatic carbocycles. The van der Waals surface area contributed by atoms with Crippen LogP contribution in [-0.2, 0) is 4.79 Å². The molecule has 6 heteroatoms. The van der Waals surface area contributed by atoms with Crippen LogP contribution in [0.2, 0.25) is 0 Å².